The highest BCUT2D eigenvalue weighted by atomic mass is 35.5. The molecule has 1 rings (SSSR count). The molecule has 1 aliphatic carbocycles. The number of rotatable bonds is 4. The van der Waals surface area contributed by atoms with Crippen LogP contribution in [0.1, 0.15) is 27.2 Å². The van der Waals surface area contributed by atoms with Crippen molar-refractivity contribution in [1.82, 2.24) is 5.32 Å². The van der Waals surface area contributed by atoms with Crippen molar-refractivity contribution in [2.45, 2.75) is 44.4 Å². The molecule has 0 bridgehead atoms. The third kappa shape index (κ3) is 2.59. The monoisotopic (exact) mass is 282 g/mol. The molecule has 0 aromatic rings. The van der Waals surface area contributed by atoms with Gasteiger partial charge in [0, 0.05) is 6.42 Å². The lowest BCUT2D eigenvalue weighted by molar-refractivity contribution is -0.145. The summed E-state index contributed by atoms with van der Waals surface area (Å²) in [4.78, 5) is 22.9. The number of halogens is 2. The molecular formula is C11H20ClFN2O3. The second kappa shape index (κ2) is 5.40. The van der Waals surface area contributed by atoms with Crippen LogP contribution >= 0.6 is 12.4 Å². The highest BCUT2D eigenvalue weighted by Gasteiger charge is 2.73. The minimum atomic E-state index is -1.69. The Bertz CT molecular complexity index is 353. The van der Waals surface area contributed by atoms with Gasteiger partial charge in [-0.2, -0.15) is 0 Å². The van der Waals surface area contributed by atoms with Gasteiger partial charge in [-0.1, -0.05) is 13.8 Å². The highest BCUT2D eigenvalue weighted by molar-refractivity contribution is 5.94. The number of methoxy groups -OCH3 is 1. The summed E-state index contributed by atoms with van der Waals surface area (Å²) in [5.41, 5.74) is 2.51. The molecule has 0 spiro atoms. The van der Waals surface area contributed by atoms with Crippen LogP contribution in [0.2, 0.25) is 0 Å². The molecule has 106 valence electrons. The molecule has 7 heteroatoms. The largest absolute Gasteiger partial charge is 0.467 e. The number of ether oxygens (including phenoxy) is 1. The summed E-state index contributed by atoms with van der Waals surface area (Å²) in [7, 11) is 1.22. The molecule has 1 fully saturated rings. The first-order chi connectivity index (χ1) is 7.69. The summed E-state index contributed by atoms with van der Waals surface area (Å²) in [5.74, 6) is -1.57. The number of carbonyl (C=O) groups is 2. The molecule has 5 nitrogen and oxygen atoms in total. The van der Waals surface area contributed by atoms with Crippen LogP contribution in [0.25, 0.3) is 0 Å². The third-order valence-electron chi connectivity index (χ3n) is 3.38. The van der Waals surface area contributed by atoms with Crippen molar-refractivity contribution in [3.63, 3.8) is 0 Å². The summed E-state index contributed by atoms with van der Waals surface area (Å²) >= 11 is 0. The third-order valence-corrected chi connectivity index (χ3v) is 3.38. The first-order valence-electron chi connectivity index (χ1n) is 5.55. The van der Waals surface area contributed by atoms with Crippen LogP contribution < -0.4 is 11.1 Å². The summed E-state index contributed by atoms with van der Waals surface area (Å²) in [6, 6.07) is -0.829. The Labute approximate surface area is 112 Å². The Morgan fingerprint density at radius 3 is 2.22 bits per heavy atom. The average molecular weight is 283 g/mol. The Morgan fingerprint density at radius 2 is 1.89 bits per heavy atom. The van der Waals surface area contributed by atoms with Gasteiger partial charge in [-0.25, -0.2) is 9.18 Å². The lowest BCUT2D eigenvalue weighted by atomic mass is 10.0. The van der Waals surface area contributed by atoms with Crippen molar-refractivity contribution in [2.24, 2.45) is 11.7 Å². The van der Waals surface area contributed by atoms with Gasteiger partial charge in [-0.15, -0.1) is 12.4 Å². The maximum atomic E-state index is 14.2. The quantitative estimate of drug-likeness (QED) is 0.738. The number of carbonyl (C=O) groups excluding carboxylic acids is 2. The maximum absolute atomic E-state index is 14.2. The smallest absolute Gasteiger partial charge is 0.328 e. The average Bonchev–Trinajstić information content (AvgIpc) is 2.83. The first-order valence-corrected chi connectivity index (χ1v) is 5.55. The number of alkyl halides is 1. The zero-order chi connectivity index (χ0) is 13.4. The highest BCUT2D eigenvalue weighted by Crippen LogP contribution is 2.54. The van der Waals surface area contributed by atoms with E-state index in [2.05, 4.69) is 10.1 Å². The molecule has 0 radical (unpaired) electrons. The number of amides is 1. The van der Waals surface area contributed by atoms with Gasteiger partial charge in [0.2, 0.25) is 5.91 Å². The van der Waals surface area contributed by atoms with Crippen molar-refractivity contribution in [1.29, 1.82) is 0 Å². The maximum Gasteiger partial charge on any atom is 0.328 e. The minimum absolute atomic E-state index is 0. The molecule has 18 heavy (non-hydrogen) atoms. The molecule has 0 aromatic heterocycles. The molecule has 3 atom stereocenters. The fourth-order valence-electron chi connectivity index (χ4n) is 1.91. The first kappa shape index (κ1) is 17.1. The Balaban J connectivity index is 0.00000289. The molecule has 0 saturated heterocycles. The van der Waals surface area contributed by atoms with E-state index in [1.54, 1.807) is 13.8 Å². The van der Waals surface area contributed by atoms with Crippen LogP contribution in [-0.4, -0.2) is 36.2 Å². The van der Waals surface area contributed by atoms with E-state index in [4.69, 9.17) is 5.73 Å². The summed E-state index contributed by atoms with van der Waals surface area (Å²) in [6.07, 6.45) is -0.0165. The van der Waals surface area contributed by atoms with Gasteiger partial charge in [0.1, 0.15) is 17.2 Å². The zero-order valence-corrected chi connectivity index (χ0v) is 11.8. The fraction of sp³-hybridized carbons (Fsp3) is 0.818. The second-order valence-corrected chi connectivity index (χ2v) is 4.88. The van der Waals surface area contributed by atoms with E-state index in [9.17, 15) is 14.0 Å². The number of nitrogens with two attached hydrogens (primary N) is 1. The van der Waals surface area contributed by atoms with Gasteiger partial charge in [0.05, 0.1) is 7.11 Å². The molecule has 0 unspecified atom stereocenters. The van der Waals surface area contributed by atoms with E-state index < -0.39 is 29.1 Å². The lowest BCUT2D eigenvalue weighted by Crippen LogP contribution is -2.53. The van der Waals surface area contributed by atoms with Crippen LogP contribution in [-0.2, 0) is 14.3 Å². The summed E-state index contributed by atoms with van der Waals surface area (Å²) in [6.45, 7) is 4.81. The second-order valence-electron chi connectivity index (χ2n) is 4.88. The van der Waals surface area contributed by atoms with Gasteiger partial charge < -0.3 is 15.8 Å². The minimum Gasteiger partial charge on any atom is -0.467 e. The van der Waals surface area contributed by atoms with Crippen molar-refractivity contribution in [2.75, 3.05) is 7.11 Å². The zero-order valence-electron chi connectivity index (χ0n) is 11.0. The topological polar surface area (TPSA) is 81.4 Å². The number of nitrogens with one attached hydrogen (secondary N) is 1. The van der Waals surface area contributed by atoms with Gasteiger partial charge >= 0.3 is 5.97 Å². The van der Waals surface area contributed by atoms with Gasteiger partial charge in [-0.3, -0.25) is 4.79 Å². The molecule has 1 saturated carbocycles. The molecular weight excluding hydrogens is 263 g/mol. The molecule has 0 aromatic carbocycles. The van der Waals surface area contributed by atoms with E-state index in [1.807, 2.05) is 0 Å². The van der Waals surface area contributed by atoms with Gasteiger partial charge in [-0.05, 0) is 12.8 Å². The molecule has 0 aliphatic heterocycles. The van der Waals surface area contributed by atoms with E-state index >= 15 is 0 Å². The van der Waals surface area contributed by atoms with Gasteiger partial charge in [0.25, 0.3) is 0 Å². The predicted octanol–water partition coefficient (Wildman–Crippen LogP) is 0.551. The van der Waals surface area contributed by atoms with E-state index in [0.29, 0.717) is 0 Å². The summed E-state index contributed by atoms with van der Waals surface area (Å²) < 4.78 is 18.6. The Morgan fingerprint density at radius 1 is 1.39 bits per heavy atom. The van der Waals surface area contributed by atoms with Crippen molar-refractivity contribution in [3.8, 4) is 0 Å². The lowest BCUT2D eigenvalue weighted by Gasteiger charge is -2.20. The van der Waals surface area contributed by atoms with Gasteiger partial charge in [0.15, 0.2) is 0 Å². The van der Waals surface area contributed by atoms with Crippen molar-refractivity contribution in [3.05, 3.63) is 0 Å². The summed E-state index contributed by atoms with van der Waals surface area (Å²) in [5, 5.41) is 2.36. The molecule has 1 amide bonds. The van der Waals surface area contributed by atoms with E-state index in [0.717, 1.165) is 0 Å². The molecule has 1 aliphatic rings. The fourth-order valence-corrected chi connectivity index (χ4v) is 1.91. The molecule has 3 N–H and O–H groups in total. The van der Waals surface area contributed by atoms with Crippen LogP contribution in [0.5, 0.6) is 0 Å². The van der Waals surface area contributed by atoms with Crippen LogP contribution in [0.4, 0.5) is 4.39 Å². The SMILES string of the molecule is COC(=O)[C@H](C)NC(=O)[C@@]1(N)C[C@@]1(F)C(C)C.Cl. The normalized spacial score (nSPS) is 31.3. The Kier molecular flexibility index (Phi) is 5.14. The standard InChI is InChI=1S/C11H19FN2O3.ClH/c1-6(2)10(12)5-11(10,13)9(16)14-7(3)8(15)17-4;/h6-7H,5,13H2,1-4H3,(H,14,16);1H/t7-,10+,11-;/m0./s1. The van der Waals surface area contributed by atoms with Crippen molar-refractivity contribution >= 4 is 24.3 Å². The van der Waals surface area contributed by atoms with Crippen LogP contribution in [0, 0.1) is 5.92 Å². The van der Waals surface area contributed by atoms with Crippen molar-refractivity contribution < 1.29 is 18.7 Å². The predicted molar refractivity (Wildman–Crippen MR) is 67.1 cm³/mol. The molecule has 0 heterocycles. The van der Waals surface area contributed by atoms with E-state index in [1.165, 1.54) is 14.0 Å². The van der Waals surface area contributed by atoms with Crippen LogP contribution in [0.3, 0.4) is 0 Å². The van der Waals surface area contributed by atoms with E-state index in [-0.39, 0.29) is 24.7 Å². The number of hydrogen-bond acceptors (Lipinski definition) is 4. The Hall–Kier alpha value is -0.880. The number of esters is 1. The van der Waals surface area contributed by atoms with Crippen LogP contribution in [0.15, 0.2) is 0 Å². The number of hydrogen-bond donors (Lipinski definition) is 2.